The maximum Gasteiger partial charge on any atom is 0.245 e. The number of nitrogens with zero attached hydrogens (tertiary/aromatic N) is 3. The number of carbonyl (C=O) groups excluding carboxylic acids is 1. The van der Waals surface area contributed by atoms with Crippen LogP contribution in [0.2, 0.25) is 0 Å². The second kappa shape index (κ2) is 4.80. The highest BCUT2D eigenvalue weighted by Crippen LogP contribution is 2.63. The van der Waals surface area contributed by atoms with Gasteiger partial charge in [-0.05, 0) is 5.56 Å². The minimum absolute atomic E-state index is 0.310. The lowest BCUT2D eigenvalue weighted by atomic mass is 9.51. The third-order valence-electron chi connectivity index (χ3n) is 4.84. The van der Waals surface area contributed by atoms with E-state index in [0.717, 1.165) is 0 Å². The molecule has 2 fully saturated rings. The standard InChI is InChI=1S/C16H11BrN4O2/c17-12-11(10-4-2-1-3-5-10)15(8-19,9-20)14(7-18)6-16(12,23)21-13(14)22/h1-5,11-12,23H,6H2,(H,21,22)/t11-,12+,14-,16-/m1/s1. The zero-order valence-electron chi connectivity index (χ0n) is 11.8. The van der Waals surface area contributed by atoms with E-state index in [9.17, 15) is 25.7 Å². The van der Waals surface area contributed by atoms with Gasteiger partial charge in [-0.1, -0.05) is 46.3 Å². The number of hydrogen-bond acceptors (Lipinski definition) is 5. The number of rotatable bonds is 1. The second-order valence-corrected chi connectivity index (χ2v) is 6.88. The number of alkyl halides is 1. The molecule has 1 aliphatic carbocycles. The van der Waals surface area contributed by atoms with Crippen molar-refractivity contribution in [2.24, 2.45) is 10.8 Å². The first-order valence-electron chi connectivity index (χ1n) is 6.88. The molecule has 0 aromatic heterocycles. The molecule has 1 saturated carbocycles. The molecule has 4 atom stereocenters. The van der Waals surface area contributed by atoms with E-state index in [0.29, 0.717) is 5.56 Å². The highest BCUT2D eigenvalue weighted by atomic mass is 79.9. The topological polar surface area (TPSA) is 121 Å². The zero-order valence-corrected chi connectivity index (χ0v) is 13.4. The molecule has 23 heavy (non-hydrogen) atoms. The summed E-state index contributed by atoms with van der Waals surface area (Å²) in [5.41, 5.74) is -4.92. The van der Waals surface area contributed by atoms with Crippen LogP contribution in [0, 0.1) is 44.8 Å². The van der Waals surface area contributed by atoms with Crippen LogP contribution < -0.4 is 5.32 Å². The number of benzene rings is 1. The molecule has 1 aromatic carbocycles. The van der Waals surface area contributed by atoms with Gasteiger partial charge in [-0.25, -0.2) is 0 Å². The van der Waals surface area contributed by atoms with E-state index in [1.807, 2.05) is 18.2 Å². The Labute approximate surface area is 141 Å². The van der Waals surface area contributed by atoms with Gasteiger partial charge in [0, 0.05) is 12.3 Å². The summed E-state index contributed by atoms with van der Waals surface area (Å²) >= 11 is 3.36. The molecule has 1 amide bonds. The van der Waals surface area contributed by atoms with Gasteiger partial charge in [0.2, 0.25) is 5.91 Å². The van der Waals surface area contributed by atoms with Crippen molar-refractivity contribution in [3.05, 3.63) is 35.9 Å². The summed E-state index contributed by atoms with van der Waals surface area (Å²) in [5, 5.41) is 42.4. The predicted molar refractivity (Wildman–Crippen MR) is 81.3 cm³/mol. The lowest BCUT2D eigenvalue weighted by Gasteiger charge is -2.47. The first kappa shape index (κ1) is 15.5. The average molecular weight is 371 g/mol. The van der Waals surface area contributed by atoms with Crippen molar-refractivity contribution in [2.75, 3.05) is 0 Å². The third kappa shape index (κ3) is 1.65. The van der Waals surface area contributed by atoms with Gasteiger partial charge in [-0.3, -0.25) is 4.79 Å². The number of nitrogens with one attached hydrogen (secondary N) is 1. The smallest absolute Gasteiger partial charge is 0.245 e. The van der Waals surface area contributed by atoms with Crippen LogP contribution in [0.1, 0.15) is 17.9 Å². The molecular formula is C16H11BrN4O2. The van der Waals surface area contributed by atoms with Crippen molar-refractivity contribution < 1.29 is 9.90 Å². The summed E-state index contributed by atoms with van der Waals surface area (Å²) in [5.74, 6) is -1.63. The lowest BCUT2D eigenvalue weighted by Crippen LogP contribution is -2.58. The Bertz CT molecular complexity index is 792. The molecule has 1 aliphatic heterocycles. The molecule has 1 heterocycles. The number of amides is 1. The Morgan fingerprint density at radius 1 is 1.17 bits per heavy atom. The molecule has 1 saturated heterocycles. The minimum Gasteiger partial charge on any atom is -0.370 e. The van der Waals surface area contributed by atoms with Crippen LogP contribution in [0.4, 0.5) is 0 Å². The molecule has 6 nitrogen and oxygen atoms in total. The number of carbonyl (C=O) groups is 1. The molecule has 114 valence electrons. The first-order chi connectivity index (χ1) is 10.9. The van der Waals surface area contributed by atoms with E-state index in [1.165, 1.54) is 0 Å². The van der Waals surface area contributed by atoms with E-state index in [4.69, 9.17) is 0 Å². The highest BCUT2D eigenvalue weighted by molar-refractivity contribution is 9.09. The summed E-state index contributed by atoms with van der Waals surface area (Å²) in [4.78, 5) is 11.7. The van der Waals surface area contributed by atoms with Gasteiger partial charge < -0.3 is 10.4 Å². The van der Waals surface area contributed by atoms with Crippen LogP contribution in [0.25, 0.3) is 0 Å². The molecule has 7 heteroatoms. The monoisotopic (exact) mass is 370 g/mol. The Balaban J connectivity index is 2.35. The maximum absolute atomic E-state index is 12.5. The maximum atomic E-state index is 12.5. The van der Waals surface area contributed by atoms with Gasteiger partial charge in [0.15, 0.2) is 16.6 Å². The number of nitriles is 3. The fourth-order valence-corrected chi connectivity index (χ4v) is 4.67. The molecule has 0 unspecified atom stereocenters. The van der Waals surface area contributed by atoms with Crippen molar-refractivity contribution in [1.82, 2.24) is 5.32 Å². The Morgan fingerprint density at radius 2 is 1.78 bits per heavy atom. The molecule has 2 N–H and O–H groups in total. The van der Waals surface area contributed by atoms with Crippen LogP contribution in [0.15, 0.2) is 30.3 Å². The normalized spacial score (nSPS) is 37.1. The van der Waals surface area contributed by atoms with Crippen LogP contribution in [-0.4, -0.2) is 21.6 Å². The fourth-order valence-electron chi connectivity index (χ4n) is 3.69. The van der Waals surface area contributed by atoms with Crippen LogP contribution in [0.3, 0.4) is 0 Å². The molecular weight excluding hydrogens is 360 g/mol. The van der Waals surface area contributed by atoms with E-state index in [2.05, 4.69) is 21.2 Å². The molecule has 0 radical (unpaired) electrons. The minimum atomic E-state index is -1.92. The number of fused-ring (bicyclic) bond motifs is 2. The molecule has 2 bridgehead atoms. The van der Waals surface area contributed by atoms with E-state index in [1.54, 1.807) is 30.3 Å². The van der Waals surface area contributed by atoms with Crippen molar-refractivity contribution in [1.29, 1.82) is 15.8 Å². The lowest BCUT2D eigenvalue weighted by molar-refractivity contribution is -0.128. The van der Waals surface area contributed by atoms with Crippen molar-refractivity contribution >= 4 is 21.8 Å². The van der Waals surface area contributed by atoms with Crippen molar-refractivity contribution in [3.63, 3.8) is 0 Å². The largest absolute Gasteiger partial charge is 0.370 e. The van der Waals surface area contributed by atoms with Crippen molar-refractivity contribution in [2.45, 2.75) is 22.9 Å². The summed E-state index contributed by atoms with van der Waals surface area (Å²) in [7, 11) is 0. The molecule has 3 rings (SSSR count). The van der Waals surface area contributed by atoms with Crippen LogP contribution in [-0.2, 0) is 4.79 Å². The van der Waals surface area contributed by atoms with Crippen molar-refractivity contribution in [3.8, 4) is 18.2 Å². The van der Waals surface area contributed by atoms with Gasteiger partial charge in [-0.15, -0.1) is 0 Å². The van der Waals surface area contributed by atoms with Crippen LogP contribution >= 0.6 is 15.9 Å². The number of hydrogen-bond donors (Lipinski definition) is 2. The van der Waals surface area contributed by atoms with Crippen LogP contribution in [0.5, 0.6) is 0 Å². The Morgan fingerprint density at radius 3 is 2.30 bits per heavy atom. The molecule has 1 aromatic rings. The SMILES string of the molecule is N#CC1(C#N)[C@H](c2ccccc2)[C@H](Br)[C@]2(O)C[C@@]1(C#N)C(=O)N2. The summed E-state index contributed by atoms with van der Waals surface area (Å²) in [6, 6.07) is 14.4. The molecule has 2 aliphatic rings. The Kier molecular flexibility index (Phi) is 3.23. The highest BCUT2D eigenvalue weighted by Gasteiger charge is 2.76. The Hall–Kier alpha value is -2.40. The second-order valence-electron chi connectivity index (χ2n) is 5.89. The quantitative estimate of drug-likeness (QED) is 0.721. The van der Waals surface area contributed by atoms with Gasteiger partial charge in [0.25, 0.3) is 0 Å². The first-order valence-corrected chi connectivity index (χ1v) is 7.80. The van der Waals surface area contributed by atoms with E-state index < -0.39 is 33.2 Å². The average Bonchev–Trinajstić information content (AvgIpc) is 2.82. The zero-order chi connectivity index (χ0) is 16.9. The number of halogens is 1. The van der Waals surface area contributed by atoms with E-state index in [-0.39, 0.29) is 6.42 Å². The van der Waals surface area contributed by atoms with Gasteiger partial charge >= 0.3 is 0 Å². The third-order valence-corrected chi connectivity index (χ3v) is 6.13. The summed E-state index contributed by atoms with van der Waals surface area (Å²) in [6.07, 6.45) is -0.310. The fraction of sp³-hybridized carbons (Fsp3) is 0.375. The van der Waals surface area contributed by atoms with Gasteiger partial charge in [-0.2, -0.15) is 15.8 Å². The molecule has 0 spiro atoms. The van der Waals surface area contributed by atoms with E-state index >= 15 is 0 Å². The summed E-state index contributed by atoms with van der Waals surface area (Å²) < 4.78 is 0. The van der Waals surface area contributed by atoms with Gasteiger partial charge in [0.05, 0.1) is 23.0 Å². The summed E-state index contributed by atoms with van der Waals surface area (Å²) in [6.45, 7) is 0. The van der Waals surface area contributed by atoms with Gasteiger partial charge in [0.1, 0.15) is 0 Å². The number of aliphatic hydroxyl groups is 1. The predicted octanol–water partition coefficient (Wildman–Crippen LogP) is 1.30.